The van der Waals surface area contributed by atoms with Crippen molar-refractivity contribution in [2.24, 2.45) is 0 Å². The van der Waals surface area contributed by atoms with Gasteiger partial charge in [0.25, 0.3) is 0 Å². The third-order valence-electron chi connectivity index (χ3n) is 4.75. The Morgan fingerprint density at radius 3 is 2.79 bits per heavy atom. The first kappa shape index (κ1) is 20.0. The van der Waals surface area contributed by atoms with Gasteiger partial charge in [-0.15, -0.1) is 0 Å². The zero-order valence-corrected chi connectivity index (χ0v) is 17.5. The number of urea groups is 1. The van der Waals surface area contributed by atoms with Crippen molar-refractivity contribution in [3.63, 3.8) is 0 Å². The summed E-state index contributed by atoms with van der Waals surface area (Å²) < 4.78 is 5.48. The molecule has 1 unspecified atom stereocenters. The van der Waals surface area contributed by atoms with Gasteiger partial charge < -0.3 is 14.7 Å². The average Bonchev–Trinajstić information content (AvgIpc) is 3.21. The second kappa shape index (κ2) is 8.61. The van der Waals surface area contributed by atoms with Gasteiger partial charge in [-0.05, 0) is 43.2 Å². The van der Waals surface area contributed by atoms with E-state index in [1.54, 1.807) is 35.2 Å². The number of amides is 2. The molecule has 0 saturated carbocycles. The molecule has 1 aliphatic heterocycles. The highest BCUT2D eigenvalue weighted by Gasteiger charge is 2.29. The number of hydrogen-bond donors (Lipinski definition) is 1. The van der Waals surface area contributed by atoms with Crippen LogP contribution in [0.4, 0.5) is 10.5 Å². The molecule has 2 heterocycles. The van der Waals surface area contributed by atoms with Crippen LogP contribution in [0.5, 0.6) is 0 Å². The van der Waals surface area contributed by atoms with E-state index >= 15 is 0 Å². The number of carbonyl (C=O) groups is 1. The fraction of sp³-hybridized carbons (Fsp3) is 0.250. The van der Waals surface area contributed by atoms with Gasteiger partial charge in [-0.1, -0.05) is 52.1 Å². The van der Waals surface area contributed by atoms with Gasteiger partial charge in [0.1, 0.15) is 0 Å². The van der Waals surface area contributed by atoms with Crippen molar-refractivity contribution in [2.45, 2.75) is 18.8 Å². The number of aromatic nitrogens is 2. The van der Waals surface area contributed by atoms with Crippen molar-refractivity contribution >= 4 is 46.5 Å². The van der Waals surface area contributed by atoms with Crippen LogP contribution in [0.3, 0.4) is 0 Å². The Morgan fingerprint density at radius 1 is 1.14 bits per heavy atom. The molecular formula is C20H17Cl3N4O2. The first-order valence-corrected chi connectivity index (χ1v) is 10.2. The van der Waals surface area contributed by atoms with Gasteiger partial charge in [-0.3, -0.25) is 0 Å². The maximum atomic E-state index is 12.7. The predicted molar refractivity (Wildman–Crippen MR) is 114 cm³/mol. The summed E-state index contributed by atoms with van der Waals surface area (Å²) in [7, 11) is 0. The van der Waals surface area contributed by atoms with E-state index in [1.165, 1.54) is 0 Å². The molecule has 150 valence electrons. The molecule has 1 atom stereocenters. The Morgan fingerprint density at radius 2 is 2.00 bits per heavy atom. The lowest BCUT2D eigenvalue weighted by atomic mass is 9.98. The summed E-state index contributed by atoms with van der Waals surface area (Å²) in [4.78, 5) is 18.9. The highest BCUT2D eigenvalue weighted by Crippen LogP contribution is 2.29. The number of likely N-dealkylation sites (tertiary alicyclic amines) is 1. The summed E-state index contributed by atoms with van der Waals surface area (Å²) in [5, 5.41) is 8.36. The van der Waals surface area contributed by atoms with E-state index < -0.39 is 0 Å². The molecule has 1 N–H and O–H groups in total. The van der Waals surface area contributed by atoms with Crippen molar-refractivity contribution < 1.29 is 9.32 Å². The minimum Gasteiger partial charge on any atom is -0.339 e. The van der Waals surface area contributed by atoms with Crippen molar-refractivity contribution in [1.82, 2.24) is 15.0 Å². The number of nitrogens with zero attached hydrogens (tertiary/aromatic N) is 3. The molecule has 3 aromatic rings. The normalized spacial score (nSPS) is 16.7. The van der Waals surface area contributed by atoms with Gasteiger partial charge in [-0.25, -0.2) is 4.79 Å². The first-order chi connectivity index (χ1) is 14.0. The van der Waals surface area contributed by atoms with Gasteiger partial charge in [0.2, 0.25) is 11.7 Å². The Bertz CT molecular complexity index is 1040. The van der Waals surface area contributed by atoms with Crippen LogP contribution in [-0.4, -0.2) is 34.2 Å². The molecule has 0 aliphatic carbocycles. The van der Waals surface area contributed by atoms with Crippen LogP contribution in [-0.2, 0) is 0 Å². The van der Waals surface area contributed by atoms with Gasteiger partial charge >= 0.3 is 6.03 Å². The first-order valence-electron chi connectivity index (χ1n) is 9.10. The Labute approximate surface area is 182 Å². The molecule has 1 aliphatic rings. The second-order valence-electron chi connectivity index (χ2n) is 6.81. The molecule has 9 heteroatoms. The van der Waals surface area contributed by atoms with E-state index in [4.69, 9.17) is 39.3 Å². The number of hydrogen-bond acceptors (Lipinski definition) is 4. The molecule has 29 heavy (non-hydrogen) atoms. The molecule has 6 nitrogen and oxygen atoms in total. The van der Waals surface area contributed by atoms with E-state index in [9.17, 15) is 4.79 Å². The number of piperidine rings is 1. The molecule has 0 radical (unpaired) electrons. The number of rotatable bonds is 3. The largest absolute Gasteiger partial charge is 0.339 e. The van der Waals surface area contributed by atoms with E-state index in [-0.39, 0.29) is 11.9 Å². The lowest BCUT2D eigenvalue weighted by Crippen LogP contribution is -2.41. The van der Waals surface area contributed by atoms with Crippen molar-refractivity contribution in [2.75, 3.05) is 18.4 Å². The lowest BCUT2D eigenvalue weighted by Gasteiger charge is -2.31. The maximum Gasteiger partial charge on any atom is 0.321 e. The number of anilines is 1. The van der Waals surface area contributed by atoms with Crippen LogP contribution in [0.2, 0.25) is 15.1 Å². The summed E-state index contributed by atoms with van der Waals surface area (Å²) in [5.41, 5.74) is 1.38. The van der Waals surface area contributed by atoms with Crippen molar-refractivity contribution in [1.29, 1.82) is 0 Å². The van der Waals surface area contributed by atoms with Crippen molar-refractivity contribution in [3.05, 3.63) is 63.4 Å². The average molecular weight is 452 g/mol. The fourth-order valence-electron chi connectivity index (χ4n) is 3.29. The summed E-state index contributed by atoms with van der Waals surface area (Å²) >= 11 is 18.0. The summed E-state index contributed by atoms with van der Waals surface area (Å²) in [6, 6.07) is 12.1. The van der Waals surface area contributed by atoms with E-state index in [0.717, 1.165) is 18.4 Å². The monoisotopic (exact) mass is 450 g/mol. The third kappa shape index (κ3) is 4.66. The predicted octanol–water partition coefficient (Wildman–Crippen LogP) is 6.11. The van der Waals surface area contributed by atoms with E-state index in [0.29, 0.717) is 45.6 Å². The van der Waals surface area contributed by atoms with Crippen LogP contribution in [0.25, 0.3) is 11.4 Å². The highest BCUT2D eigenvalue weighted by molar-refractivity contribution is 6.42. The van der Waals surface area contributed by atoms with Crippen LogP contribution < -0.4 is 5.32 Å². The topological polar surface area (TPSA) is 71.3 Å². The quantitative estimate of drug-likeness (QED) is 0.521. The fourth-order valence-corrected chi connectivity index (χ4v) is 3.77. The van der Waals surface area contributed by atoms with Gasteiger partial charge in [-0.2, -0.15) is 4.98 Å². The van der Waals surface area contributed by atoms with Crippen LogP contribution in [0, 0.1) is 0 Å². The van der Waals surface area contributed by atoms with Crippen LogP contribution in [0.15, 0.2) is 47.0 Å². The Balaban J connectivity index is 1.44. The molecule has 1 saturated heterocycles. The smallest absolute Gasteiger partial charge is 0.321 e. The van der Waals surface area contributed by atoms with Crippen LogP contribution >= 0.6 is 34.8 Å². The Kier molecular flexibility index (Phi) is 5.94. The zero-order valence-electron chi connectivity index (χ0n) is 15.2. The molecule has 2 aromatic carbocycles. The molecular weight excluding hydrogens is 435 g/mol. The summed E-state index contributed by atoms with van der Waals surface area (Å²) in [5.74, 6) is 0.982. The zero-order chi connectivity index (χ0) is 20.4. The standard InChI is InChI=1S/C20H17Cl3N4O2/c21-14-5-1-3-12(9-14)18-25-19(29-26-18)13-4-2-8-27(11-13)20(28)24-15-6-7-16(22)17(23)10-15/h1,3,5-7,9-10,13H,2,4,8,11H2,(H,24,28). The lowest BCUT2D eigenvalue weighted by molar-refractivity contribution is 0.184. The maximum absolute atomic E-state index is 12.7. The minimum absolute atomic E-state index is 0.0243. The van der Waals surface area contributed by atoms with Gasteiger partial charge in [0.15, 0.2) is 0 Å². The summed E-state index contributed by atoms with van der Waals surface area (Å²) in [6.07, 6.45) is 1.71. The summed E-state index contributed by atoms with van der Waals surface area (Å²) in [6.45, 7) is 1.14. The van der Waals surface area contributed by atoms with Gasteiger partial charge in [0, 0.05) is 29.4 Å². The number of nitrogens with one attached hydrogen (secondary N) is 1. The molecule has 0 bridgehead atoms. The minimum atomic E-state index is -0.206. The molecule has 4 rings (SSSR count). The number of benzene rings is 2. The molecule has 1 aromatic heterocycles. The number of carbonyl (C=O) groups excluding carboxylic acids is 1. The third-order valence-corrected chi connectivity index (χ3v) is 5.73. The molecule has 2 amide bonds. The van der Waals surface area contributed by atoms with Crippen LogP contribution in [0.1, 0.15) is 24.7 Å². The van der Waals surface area contributed by atoms with E-state index in [1.807, 2.05) is 12.1 Å². The Hall–Kier alpha value is -2.28. The van der Waals surface area contributed by atoms with Gasteiger partial charge in [0.05, 0.1) is 16.0 Å². The van der Waals surface area contributed by atoms with Crippen molar-refractivity contribution in [3.8, 4) is 11.4 Å². The molecule has 0 spiro atoms. The van der Waals surface area contributed by atoms with E-state index in [2.05, 4.69) is 15.5 Å². The SMILES string of the molecule is O=C(Nc1ccc(Cl)c(Cl)c1)N1CCCC(c2nc(-c3cccc(Cl)c3)no2)C1. The highest BCUT2D eigenvalue weighted by atomic mass is 35.5. The number of halogens is 3. The second-order valence-corrected chi connectivity index (χ2v) is 8.06. The molecule has 1 fully saturated rings.